The third-order valence-electron chi connectivity index (χ3n) is 6.53. The molecule has 0 bridgehead atoms. The lowest BCUT2D eigenvalue weighted by molar-refractivity contribution is -0.941. The van der Waals surface area contributed by atoms with E-state index in [0.717, 1.165) is 31.5 Å². The Hall–Kier alpha value is -1.70. The minimum Gasteiger partial charge on any atom is -0.456 e. The molecule has 200 valence electrons. The van der Waals surface area contributed by atoms with Crippen LogP contribution in [-0.2, 0) is 26.2 Å². The van der Waals surface area contributed by atoms with Gasteiger partial charge in [-0.2, -0.15) is 8.42 Å². The molecule has 35 heavy (non-hydrogen) atoms. The van der Waals surface area contributed by atoms with Crippen molar-refractivity contribution in [1.29, 1.82) is 0 Å². The summed E-state index contributed by atoms with van der Waals surface area (Å²) in [6, 6.07) is 10.1. The van der Waals surface area contributed by atoms with Crippen LogP contribution in [0.3, 0.4) is 0 Å². The van der Waals surface area contributed by atoms with Crippen molar-refractivity contribution in [2.24, 2.45) is 0 Å². The van der Waals surface area contributed by atoms with E-state index in [9.17, 15) is 17.8 Å². The van der Waals surface area contributed by atoms with Gasteiger partial charge in [-0.05, 0) is 19.8 Å². The third-order valence-corrected chi connectivity index (χ3v) is 7.33. The Kier molecular flexibility index (Phi) is 15.8. The molecule has 0 aromatic heterocycles. The predicted octanol–water partition coefficient (Wildman–Crippen LogP) is 6.32. The van der Waals surface area contributed by atoms with Gasteiger partial charge in [-0.15, -0.1) is 0 Å². The van der Waals surface area contributed by atoms with Crippen molar-refractivity contribution in [3.8, 4) is 0 Å². The molecular weight excluding hydrogens is 462 g/mol. The highest BCUT2D eigenvalue weighted by Gasteiger charge is 2.28. The van der Waals surface area contributed by atoms with Crippen molar-refractivity contribution in [2.45, 2.75) is 91.0 Å². The number of carbonyl (C=O) groups is 1. The molecule has 1 aromatic rings. The quantitative estimate of drug-likeness (QED) is 0.0688. The Morgan fingerprint density at radius 1 is 0.886 bits per heavy atom. The highest BCUT2D eigenvalue weighted by atomic mass is 32.2. The lowest BCUT2D eigenvalue weighted by atomic mass is 10.1. The number of rotatable bonds is 21. The van der Waals surface area contributed by atoms with Crippen LogP contribution < -0.4 is 0 Å². The summed E-state index contributed by atoms with van der Waals surface area (Å²) in [5.74, 6) is -0.662. The molecule has 7 heteroatoms. The Morgan fingerprint density at radius 2 is 1.43 bits per heavy atom. The van der Waals surface area contributed by atoms with Gasteiger partial charge in [-0.3, -0.25) is 4.55 Å². The van der Waals surface area contributed by atoms with Gasteiger partial charge in [0.2, 0.25) is 0 Å². The van der Waals surface area contributed by atoms with E-state index in [1.165, 1.54) is 51.4 Å². The molecule has 1 N–H and O–H groups in total. The van der Waals surface area contributed by atoms with E-state index < -0.39 is 16.1 Å². The molecule has 0 aliphatic carbocycles. The summed E-state index contributed by atoms with van der Waals surface area (Å²) < 4.78 is 38.0. The number of ether oxygens (including phenoxy) is 1. The van der Waals surface area contributed by atoms with Gasteiger partial charge in [0, 0.05) is 17.6 Å². The third kappa shape index (κ3) is 15.8. The van der Waals surface area contributed by atoms with Crippen molar-refractivity contribution in [2.75, 3.05) is 32.0 Å². The summed E-state index contributed by atoms with van der Waals surface area (Å²) in [6.07, 6.45) is 12.9. The zero-order chi connectivity index (χ0) is 26.0. The molecule has 0 saturated heterocycles. The number of carbonyl (C=O) groups excluding carboxylic acids is 1. The van der Waals surface area contributed by atoms with Gasteiger partial charge in [0.1, 0.15) is 19.7 Å². The Morgan fingerprint density at radius 3 is 1.97 bits per heavy atom. The molecule has 0 aliphatic heterocycles. The fourth-order valence-electron chi connectivity index (χ4n) is 4.52. The van der Waals surface area contributed by atoms with Crippen LogP contribution in [-0.4, -0.2) is 55.4 Å². The number of benzene rings is 1. The highest BCUT2D eigenvalue weighted by molar-refractivity contribution is 7.85. The zero-order valence-corrected chi connectivity index (χ0v) is 22.9. The normalized spacial score (nSPS) is 13.3. The highest BCUT2D eigenvalue weighted by Crippen LogP contribution is 2.20. The van der Waals surface area contributed by atoms with E-state index >= 15 is 0 Å². The molecule has 0 heterocycles. The van der Waals surface area contributed by atoms with Crippen LogP contribution in [0.1, 0.15) is 90.0 Å². The molecule has 1 rings (SSSR count). The van der Waals surface area contributed by atoms with Crippen molar-refractivity contribution in [1.82, 2.24) is 0 Å². The first-order valence-electron chi connectivity index (χ1n) is 13.3. The topological polar surface area (TPSA) is 80.7 Å². The summed E-state index contributed by atoms with van der Waals surface area (Å²) in [7, 11) is -4.02. The molecule has 0 aliphatic rings. The molecule has 0 fully saturated rings. The number of hydrogen-bond acceptors (Lipinski definition) is 4. The molecular formula is C28H48NO5S+. The summed E-state index contributed by atoms with van der Waals surface area (Å²) in [5.41, 5.74) is 1.53. The summed E-state index contributed by atoms with van der Waals surface area (Å²) >= 11 is 0. The first-order valence-corrected chi connectivity index (χ1v) is 15.0. The maximum Gasteiger partial charge on any atom is 0.333 e. The molecule has 6 nitrogen and oxygen atoms in total. The van der Waals surface area contributed by atoms with Crippen LogP contribution in [0.25, 0.3) is 0 Å². The van der Waals surface area contributed by atoms with Crippen molar-refractivity contribution >= 4 is 16.1 Å². The molecule has 0 spiro atoms. The number of nitrogens with zero attached hydrogens (tertiary/aromatic N) is 1. The van der Waals surface area contributed by atoms with Gasteiger partial charge in [-0.25, -0.2) is 4.79 Å². The Balaban J connectivity index is 2.75. The zero-order valence-electron chi connectivity index (χ0n) is 22.1. The van der Waals surface area contributed by atoms with Gasteiger partial charge in [0.05, 0.1) is 18.8 Å². The van der Waals surface area contributed by atoms with Crippen LogP contribution >= 0.6 is 0 Å². The molecule has 1 aromatic carbocycles. The van der Waals surface area contributed by atoms with Crippen LogP contribution in [0, 0.1) is 0 Å². The molecule has 1 unspecified atom stereocenters. The monoisotopic (exact) mass is 510 g/mol. The molecule has 0 saturated carbocycles. The summed E-state index contributed by atoms with van der Waals surface area (Å²) in [6.45, 7) is 10.6. The fraction of sp³-hybridized carbons (Fsp3) is 0.679. The smallest absolute Gasteiger partial charge is 0.333 e. The second-order valence-corrected chi connectivity index (χ2v) is 11.5. The van der Waals surface area contributed by atoms with Crippen molar-refractivity contribution in [3.63, 3.8) is 0 Å². The number of unbranched alkanes of at least 4 members (excludes halogenated alkanes) is 9. The summed E-state index contributed by atoms with van der Waals surface area (Å²) in [5, 5.41) is 0. The second-order valence-electron chi connectivity index (χ2n) is 9.89. The average Bonchev–Trinajstić information content (AvgIpc) is 2.80. The largest absolute Gasteiger partial charge is 0.456 e. The number of quaternary nitrogens is 1. The van der Waals surface area contributed by atoms with E-state index in [0.29, 0.717) is 29.6 Å². The van der Waals surface area contributed by atoms with E-state index in [-0.39, 0.29) is 12.4 Å². The first kappa shape index (κ1) is 31.3. The van der Waals surface area contributed by atoms with Crippen LogP contribution in [0.5, 0.6) is 0 Å². The maximum absolute atomic E-state index is 11.9. The fourth-order valence-corrected chi connectivity index (χ4v) is 5.01. The van der Waals surface area contributed by atoms with E-state index in [4.69, 9.17) is 4.74 Å². The van der Waals surface area contributed by atoms with E-state index in [1.807, 2.05) is 18.2 Å². The van der Waals surface area contributed by atoms with Crippen molar-refractivity contribution < 1.29 is 27.0 Å². The van der Waals surface area contributed by atoms with Crippen LogP contribution in [0.2, 0.25) is 0 Å². The first-order chi connectivity index (χ1) is 16.7. The van der Waals surface area contributed by atoms with Crippen LogP contribution in [0.15, 0.2) is 42.5 Å². The van der Waals surface area contributed by atoms with Crippen molar-refractivity contribution in [3.05, 3.63) is 48.0 Å². The van der Waals surface area contributed by atoms with Crippen LogP contribution in [0.4, 0.5) is 0 Å². The number of hydrogen-bond donors (Lipinski definition) is 1. The Bertz CT molecular complexity index is 825. The molecule has 0 radical (unpaired) electrons. The SMILES string of the molecule is C=C(C)C(=O)OCC[N+](CCCCCCCCCCCC)(CCCS(=O)(=O)O)Cc1ccccc1. The van der Waals surface area contributed by atoms with Gasteiger partial charge in [-0.1, -0.05) is 95.2 Å². The van der Waals surface area contributed by atoms with Gasteiger partial charge in [0.25, 0.3) is 10.1 Å². The lowest BCUT2D eigenvalue weighted by Gasteiger charge is -2.39. The average molecular weight is 511 g/mol. The van der Waals surface area contributed by atoms with Gasteiger partial charge < -0.3 is 9.22 Å². The summed E-state index contributed by atoms with van der Waals surface area (Å²) in [4.78, 5) is 11.9. The van der Waals surface area contributed by atoms with Gasteiger partial charge >= 0.3 is 5.97 Å². The van der Waals surface area contributed by atoms with E-state index in [2.05, 4.69) is 25.6 Å². The minimum absolute atomic E-state index is 0.252. The Labute approximate surface area is 214 Å². The number of esters is 1. The minimum atomic E-state index is -4.02. The van der Waals surface area contributed by atoms with E-state index in [1.54, 1.807) is 6.92 Å². The lowest BCUT2D eigenvalue weighted by Crippen LogP contribution is -2.51. The molecule has 0 amide bonds. The maximum atomic E-state index is 11.9. The molecule has 1 atom stereocenters. The standard InChI is InChI=1S/C28H47NO5S/c1-4-5-6-7-8-9-10-11-12-16-20-29(21-17-24-35(31,32)33,22-23-34-28(30)26(2)3)25-27-18-14-13-15-19-27/h13-15,18-19H,2,4-12,16-17,20-25H2,1,3H3/p+1. The second kappa shape index (κ2) is 17.7. The predicted molar refractivity (Wildman–Crippen MR) is 144 cm³/mol. The van der Waals surface area contributed by atoms with Gasteiger partial charge in [0.15, 0.2) is 0 Å².